The number of carbonyl (C=O) groups is 2. The molecule has 0 saturated carbocycles. The van der Waals surface area contributed by atoms with Crippen molar-refractivity contribution in [1.29, 1.82) is 0 Å². The third kappa shape index (κ3) is 2.72. The van der Waals surface area contributed by atoms with Crippen LogP contribution in [0.4, 0.5) is 4.79 Å². The normalized spacial score (nSPS) is 25.3. The van der Waals surface area contributed by atoms with Gasteiger partial charge in [-0.2, -0.15) is 0 Å². The Bertz CT molecular complexity index is 457. The van der Waals surface area contributed by atoms with Crippen molar-refractivity contribution in [3.63, 3.8) is 0 Å². The molecule has 4 nitrogen and oxygen atoms in total. The molecule has 0 spiro atoms. The second kappa shape index (κ2) is 4.83. The fourth-order valence-corrected chi connectivity index (χ4v) is 2.49. The minimum absolute atomic E-state index is 0.0215. The second-order valence-corrected chi connectivity index (χ2v) is 5.96. The van der Waals surface area contributed by atoms with Crippen LogP contribution in [0.2, 0.25) is 0 Å². The maximum atomic E-state index is 12.3. The van der Waals surface area contributed by atoms with Crippen LogP contribution in [0, 0.1) is 0 Å². The molecule has 19 heavy (non-hydrogen) atoms. The van der Waals surface area contributed by atoms with Crippen LogP contribution in [0.25, 0.3) is 0 Å². The van der Waals surface area contributed by atoms with Crippen LogP contribution in [-0.2, 0) is 9.53 Å². The Hall–Kier alpha value is -1.58. The van der Waals surface area contributed by atoms with Crippen LogP contribution < -0.4 is 0 Å². The van der Waals surface area contributed by atoms with Gasteiger partial charge in [0.25, 0.3) is 0 Å². The van der Waals surface area contributed by atoms with Crippen molar-refractivity contribution >= 4 is 11.9 Å². The molecule has 0 aromatic heterocycles. The van der Waals surface area contributed by atoms with Gasteiger partial charge in [-0.1, -0.05) is 25.2 Å². The van der Waals surface area contributed by atoms with Crippen LogP contribution in [-0.4, -0.2) is 34.5 Å². The summed E-state index contributed by atoms with van der Waals surface area (Å²) in [5.41, 5.74) is 0.199. The van der Waals surface area contributed by atoms with Gasteiger partial charge in [-0.3, -0.25) is 9.69 Å². The molecule has 0 N–H and O–H groups in total. The van der Waals surface area contributed by atoms with E-state index in [-0.39, 0.29) is 24.0 Å². The van der Waals surface area contributed by atoms with Crippen molar-refractivity contribution in [2.45, 2.75) is 58.2 Å². The molecule has 1 amide bonds. The van der Waals surface area contributed by atoms with E-state index in [0.717, 1.165) is 5.57 Å². The lowest BCUT2D eigenvalue weighted by molar-refractivity contribution is -0.115. The number of ether oxygens (including phenoxy) is 1. The van der Waals surface area contributed by atoms with Crippen LogP contribution in [0.3, 0.4) is 0 Å². The molecule has 2 bridgehead atoms. The largest absolute Gasteiger partial charge is 0.444 e. The zero-order valence-corrected chi connectivity index (χ0v) is 12.0. The molecule has 2 aliphatic heterocycles. The number of amides is 1. The van der Waals surface area contributed by atoms with Crippen molar-refractivity contribution in [2.75, 3.05) is 0 Å². The average Bonchev–Trinajstić information content (AvgIpc) is 2.61. The number of hydrogen-bond donors (Lipinski definition) is 0. The minimum atomic E-state index is -0.521. The van der Waals surface area contributed by atoms with Gasteiger partial charge in [0.15, 0.2) is 5.78 Å². The molecule has 0 radical (unpaired) electrons. The van der Waals surface area contributed by atoms with Crippen LogP contribution in [0.5, 0.6) is 0 Å². The van der Waals surface area contributed by atoms with Crippen molar-refractivity contribution in [2.24, 2.45) is 0 Å². The highest BCUT2D eigenvalue weighted by molar-refractivity contribution is 5.98. The molecule has 2 rings (SSSR count). The fourth-order valence-electron chi connectivity index (χ4n) is 2.49. The monoisotopic (exact) mass is 263 g/mol. The van der Waals surface area contributed by atoms with Crippen molar-refractivity contribution in [3.05, 3.63) is 23.8 Å². The molecule has 2 atom stereocenters. The molecule has 0 fully saturated rings. The van der Waals surface area contributed by atoms with Crippen molar-refractivity contribution in [1.82, 2.24) is 4.90 Å². The van der Waals surface area contributed by atoms with E-state index in [1.807, 2.05) is 45.9 Å². The number of hydrogen-bond acceptors (Lipinski definition) is 3. The van der Waals surface area contributed by atoms with Crippen LogP contribution >= 0.6 is 0 Å². The third-order valence-corrected chi connectivity index (χ3v) is 3.32. The summed E-state index contributed by atoms with van der Waals surface area (Å²) in [5, 5.41) is 0. The van der Waals surface area contributed by atoms with Gasteiger partial charge in [-0.05, 0) is 27.2 Å². The Morgan fingerprint density at radius 2 is 2.05 bits per heavy atom. The Balaban J connectivity index is 2.19. The van der Waals surface area contributed by atoms with Gasteiger partial charge in [0.05, 0.1) is 12.1 Å². The van der Waals surface area contributed by atoms with Gasteiger partial charge in [-0.25, -0.2) is 4.79 Å². The summed E-state index contributed by atoms with van der Waals surface area (Å²) in [6.45, 7) is 7.38. The predicted octanol–water partition coefficient (Wildman–Crippen LogP) is 2.84. The molecule has 0 aromatic carbocycles. The molecule has 4 heteroatoms. The van der Waals surface area contributed by atoms with Gasteiger partial charge in [0.1, 0.15) is 5.60 Å². The zero-order chi connectivity index (χ0) is 14.2. The molecule has 104 valence electrons. The first kappa shape index (κ1) is 13.8. The van der Waals surface area contributed by atoms with E-state index in [4.69, 9.17) is 4.74 Å². The number of fused-ring (bicyclic) bond motifs is 2. The number of nitrogens with zero attached hydrogens (tertiary/aromatic N) is 1. The Kier molecular flexibility index (Phi) is 3.52. The van der Waals surface area contributed by atoms with E-state index < -0.39 is 5.60 Å². The number of carbonyl (C=O) groups excluding carboxylic acids is 2. The molecule has 0 aliphatic carbocycles. The third-order valence-electron chi connectivity index (χ3n) is 3.32. The average molecular weight is 263 g/mol. The molecule has 0 saturated heterocycles. The van der Waals surface area contributed by atoms with Crippen molar-refractivity contribution in [3.8, 4) is 0 Å². The predicted molar refractivity (Wildman–Crippen MR) is 72.8 cm³/mol. The van der Waals surface area contributed by atoms with Crippen molar-refractivity contribution < 1.29 is 14.3 Å². The van der Waals surface area contributed by atoms with E-state index in [9.17, 15) is 9.59 Å². The van der Waals surface area contributed by atoms with Crippen LogP contribution in [0.1, 0.15) is 40.5 Å². The van der Waals surface area contributed by atoms with E-state index in [1.54, 1.807) is 4.90 Å². The molecular weight excluding hydrogens is 242 g/mol. The maximum Gasteiger partial charge on any atom is 0.411 e. The standard InChI is InChI=1S/C15H21NO3/c1-5-13(17)11-8-6-10-7-9-12(11)16(10)14(18)19-15(2,3)4/h7-10,12H,5-6H2,1-4H3. The van der Waals surface area contributed by atoms with E-state index >= 15 is 0 Å². The molecule has 2 aliphatic rings. The number of Topliss-reactive ketones (excluding diaryl/α,β-unsaturated/α-hetero) is 1. The van der Waals surface area contributed by atoms with Gasteiger partial charge in [0.2, 0.25) is 0 Å². The Labute approximate surface area is 114 Å². The first-order chi connectivity index (χ1) is 8.83. The molecular formula is C15H21NO3. The summed E-state index contributed by atoms with van der Waals surface area (Å²) in [7, 11) is 0. The van der Waals surface area contributed by atoms with Crippen LogP contribution in [0.15, 0.2) is 23.8 Å². The van der Waals surface area contributed by atoms with Gasteiger partial charge in [0, 0.05) is 12.0 Å². The Morgan fingerprint density at radius 1 is 1.37 bits per heavy atom. The van der Waals surface area contributed by atoms with Gasteiger partial charge >= 0.3 is 6.09 Å². The van der Waals surface area contributed by atoms with E-state index in [1.165, 1.54) is 0 Å². The summed E-state index contributed by atoms with van der Waals surface area (Å²) < 4.78 is 5.43. The summed E-state index contributed by atoms with van der Waals surface area (Å²) >= 11 is 0. The summed E-state index contributed by atoms with van der Waals surface area (Å²) in [4.78, 5) is 25.9. The number of ketones is 1. The topological polar surface area (TPSA) is 46.6 Å². The summed E-state index contributed by atoms with van der Waals surface area (Å²) in [6, 6.07) is -0.227. The lowest BCUT2D eigenvalue weighted by Gasteiger charge is -2.36. The lowest BCUT2D eigenvalue weighted by atomic mass is 9.96. The number of rotatable bonds is 2. The molecule has 2 unspecified atom stereocenters. The van der Waals surface area contributed by atoms with Gasteiger partial charge in [-0.15, -0.1) is 0 Å². The second-order valence-electron chi connectivity index (χ2n) is 5.96. The molecule has 2 heterocycles. The lowest BCUT2D eigenvalue weighted by Crippen LogP contribution is -2.48. The fraction of sp³-hybridized carbons (Fsp3) is 0.600. The summed E-state index contributed by atoms with van der Waals surface area (Å²) in [5.74, 6) is 0.101. The van der Waals surface area contributed by atoms with E-state index in [2.05, 4.69) is 0 Å². The zero-order valence-electron chi connectivity index (χ0n) is 12.0. The maximum absolute atomic E-state index is 12.3. The van der Waals surface area contributed by atoms with E-state index in [0.29, 0.717) is 12.8 Å². The smallest absolute Gasteiger partial charge is 0.411 e. The first-order valence-electron chi connectivity index (χ1n) is 6.76. The quantitative estimate of drug-likeness (QED) is 0.720. The highest BCUT2D eigenvalue weighted by Crippen LogP contribution is 2.32. The highest BCUT2D eigenvalue weighted by atomic mass is 16.6. The van der Waals surface area contributed by atoms with Gasteiger partial charge < -0.3 is 4.74 Å². The highest BCUT2D eigenvalue weighted by Gasteiger charge is 2.40. The minimum Gasteiger partial charge on any atom is -0.444 e. The first-order valence-corrected chi connectivity index (χ1v) is 6.76. The summed E-state index contributed by atoms with van der Waals surface area (Å²) in [6.07, 6.45) is 6.68. The SMILES string of the molecule is CCC(=O)C1=CCC2C=CC1N2C(=O)OC(C)(C)C. The Morgan fingerprint density at radius 3 is 2.63 bits per heavy atom. The molecule has 0 aromatic rings.